The van der Waals surface area contributed by atoms with Gasteiger partial charge in [-0.3, -0.25) is 9.10 Å². The zero-order chi connectivity index (χ0) is 37.3. The molecule has 0 bridgehead atoms. The average molecular weight is 727 g/mol. The van der Waals surface area contributed by atoms with Gasteiger partial charge < -0.3 is 20.3 Å². The van der Waals surface area contributed by atoms with Crippen molar-refractivity contribution in [2.24, 2.45) is 5.92 Å². The second-order valence-electron chi connectivity index (χ2n) is 14.7. The number of hydrogen-bond acceptors (Lipinski definition) is 5. The Labute approximate surface area is 299 Å². The van der Waals surface area contributed by atoms with Crippen molar-refractivity contribution in [1.29, 1.82) is 0 Å². The molecule has 3 aromatic carbocycles. The molecule has 1 aromatic heterocycles. The summed E-state index contributed by atoms with van der Waals surface area (Å²) in [7, 11) is -2.28. The average Bonchev–Trinajstić information content (AvgIpc) is 3.41. The molecule has 12 heteroatoms. The van der Waals surface area contributed by atoms with Gasteiger partial charge in [-0.1, -0.05) is 63.2 Å². The Hall–Kier alpha value is -3.87. The Bertz CT molecular complexity index is 1960. The number of alkyl halides is 3. The van der Waals surface area contributed by atoms with E-state index < -0.39 is 50.6 Å². The molecule has 2 heterocycles. The molecule has 1 aliphatic rings. The van der Waals surface area contributed by atoms with Crippen LogP contribution in [-0.2, 0) is 35.6 Å². The molecule has 276 valence electrons. The number of carbonyl (C=O) groups excluding carboxylic acids is 1. The predicted molar refractivity (Wildman–Crippen MR) is 196 cm³/mol. The molecular weight excluding hydrogens is 678 g/mol. The van der Waals surface area contributed by atoms with E-state index in [1.165, 1.54) is 17.4 Å². The van der Waals surface area contributed by atoms with Crippen LogP contribution >= 0.6 is 0 Å². The molecule has 0 aliphatic carbocycles. The number of rotatable bonds is 13. The van der Waals surface area contributed by atoms with Crippen LogP contribution in [0.1, 0.15) is 86.1 Å². The number of aryl methyl sites for hydroxylation is 1. The Morgan fingerprint density at radius 2 is 1.73 bits per heavy atom. The van der Waals surface area contributed by atoms with Crippen molar-refractivity contribution in [3.63, 3.8) is 0 Å². The number of amides is 1. The van der Waals surface area contributed by atoms with Gasteiger partial charge in [0.2, 0.25) is 10.0 Å². The smallest absolute Gasteiger partial charge is 0.390 e. The minimum atomic E-state index is -4.49. The van der Waals surface area contributed by atoms with Crippen molar-refractivity contribution < 1.29 is 31.5 Å². The summed E-state index contributed by atoms with van der Waals surface area (Å²) in [5.74, 6) is -0.168. The predicted octanol–water partition coefficient (Wildman–Crippen LogP) is 7.25. The van der Waals surface area contributed by atoms with E-state index in [0.717, 1.165) is 40.6 Å². The molecule has 3 N–H and O–H groups in total. The van der Waals surface area contributed by atoms with Gasteiger partial charge in [-0.15, -0.1) is 0 Å². The first-order valence-corrected chi connectivity index (χ1v) is 18.9. The van der Waals surface area contributed by atoms with E-state index in [2.05, 4.69) is 10.6 Å². The highest BCUT2D eigenvalue weighted by Crippen LogP contribution is 2.40. The molecule has 51 heavy (non-hydrogen) atoms. The van der Waals surface area contributed by atoms with Crippen LogP contribution in [0.15, 0.2) is 72.9 Å². The molecule has 4 aromatic rings. The molecule has 0 spiro atoms. The van der Waals surface area contributed by atoms with Gasteiger partial charge in [-0.05, 0) is 86.4 Å². The van der Waals surface area contributed by atoms with Gasteiger partial charge >= 0.3 is 6.18 Å². The number of aliphatic hydroxyl groups is 1. The van der Waals surface area contributed by atoms with Gasteiger partial charge in [-0.2, -0.15) is 13.2 Å². The van der Waals surface area contributed by atoms with E-state index in [1.807, 2.05) is 61.9 Å². The normalized spacial score (nSPS) is 17.3. The number of benzene rings is 3. The van der Waals surface area contributed by atoms with E-state index in [1.54, 1.807) is 32.0 Å². The quantitative estimate of drug-likeness (QED) is 0.135. The number of aliphatic hydroxyl groups excluding tert-OH is 1. The minimum absolute atomic E-state index is 0.0000296. The third kappa shape index (κ3) is 8.29. The van der Waals surface area contributed by atoms with Crippen LogP contribution in [0, 0.1) is 5.92 Å². The Balaban J connectivity index is 1.46. The molecule has 1 amide bonds. The van der Waals surface area contributed by atoms with Gasteiger partial charge in [-0.25, -0.2) is 8.42 Å². The van der Waals surface area contributed by atoms with Crippen molar-refractivity contribution >= 4 is 32.5 Å². The lowest BCUT2D eigenvalue weighted by Gasteiger charge is -2.29. The summed E-state index contributed by atoms with van der Waals surface area (Å²) in [6.07, 6.45) is -1.39. The summed E-state index contributed by atoms with van der Waals surface area (Å²) in [6.45, 7) is 9.74. The van der Waals surface area contributed by atoms with E-state index >= 15 is 0 Å². The minimum Gasteiger partial charge on any atom is -0.390 e. The summed E-state index contributed by atoms with van der Waals surface area (Å²) < 4.78 is 70.2. The number of anilines is 1. The third-order valence-electron chi connectivity index (χ3n) is 9.93. The highest BCUT2D eigenvalue weighted by Gasteiger charge is 2.42. The van der Waals surface area contributed by atoms with Gasteiger partial charge in [0.05, 0.1) is 28.9 Å². The molecule has 0 saturated carbocycles. The summed E-state index contributed by atoms with van der Waals surface area (Å²) >= 11 is 0. The fourth-order valence-corrected chi connectivity index (χ4v) is 8.33. The molecule has 3 atom stereocenters. The first kappa shape index (κ1) is 38.4. The summed E-state index contributed by atoms with van der Waals surface area (Å²) in [5, 5.41) is 18.8. The second-order valence-corrected chi connectivity index (χ2v) is 17.3. The highest BCUT2D eigenvalue weighted by molar-refractivity contribution is 7.94. The monoisotopic (exact) mass is 726 g/mol. The van der Waals surface area contributed by atoms with Crippen molar-refractivity contribution in [3.8, 4) is 0 Å². The van der Waals surface area contributed by atoms with E-state index in [-0.39, 0.29) is 25.1 Å². The number of aromatic nitrogens is 1. The summed E-state index contributed by atoms with van der Waals surface area (Å²) in [6, 6.07) is 16.8. The molecule has 0 fully saturated rings. The summed E-state index contributed by atoms with van der Waals surface area (Å²) in [4.78, 5) is 14.1. The lowest BCUT2D eigenvalue weighted by molar-refractivity contribution is -0.137. The Kier molecular flexibility index (Phi) is 11.3. The maximum absolute atomic E-state index is 14.1. The number of sulfonamides is 1. The number of carbonyl (C=O) groups is 1. The molecular formula is C39H49F3N4O4S. The topological polar surface area (TPSA) is 104 Å². The van der Waals surface area contributed by atoms with Crippen LogP contribution in [0.2, 0.25) is 0 Å². The highest BCUT2D eigenvalue weighted by atomic mass is 32.2. The molecule has 8 nitrogen and oxygen atoms in total. The van der Waals surface area contributed by atoms with Gasteiger partial charge in [0.15, 0.2) is 0 Å². The number of hydrogen-bond donors (Lipinski definition) is 3. The van der Waals surface area contributed by atoms with Crippen LogP contribution in [0.25, 0.3) is 10.9 Å². The molecule has 0 radical (unpaired) electrons. The fraction of sp³-hybridized carbons (Fsp3) is 0.462. The van der Waals surface area contributed by atoms with Crippen molar-refractivity contribution in [1.82, 2.24) is 15.2 Å². The van der Waals surface area contributed by atoms with Crippen LogP contribution in [0.5, 0.6) is 0 Å². The largest absolute Gasteiger partial charge is 0.416 e. The third-order valence-corrected chi connectivity index (χ3v) is 12.4. The SMILES string of the molecule is CCc1cn2c3c(cc(C(=O)N[C@@H](Cc4ccccc4)[C@H](O)CN[C@H](CCC(C)C)c4cccc(C(F)(F)F)c4)cc13)N(C)S(=O)(=O)C(C)(C)C2. The van der Waals surface area contributed by atoms with Crippen LogP contribution in [0.4, 0.5) is 18.9 Å². The lowest BCUT2D eigenvalue weighted by Crippen LogP contribution is -2.49. The fourth-order valence-electron chi connectivity index (χ4n) is 6.88. The molecule has 1 aliphatic heterocycles. The van der Waals surface area contributed by atoms with Crippen LogP contribution in [-0.4, -0.2) is 54.5 Å². The Morgan fingerprint density at radius 3 is 2.37 bits per heavy atom. The van der Waals surface area contributed by atoms with Gasteiger partial charge in [0.25, 0.3) is 5.91 Å². The van der Waals surface area contributed by atoms with Crippen LogP contribution in [0.3, 0.4) is 0 Å². The second kappa shape index (κ2) is 15.0. The molecule has 5 rings (SSSR count). The number of nitrogens with zero attached hydrogens (tertiary/aromatic N) is 2. The van der Waals surface area contributed by atoms with Gasteiger partial charge in [0, 0.05) is 43.3 Å². The first-order chi connectivity index (χ1) is 23.9. The van der Waals surface area contributed by atoms with Crippen molar-refractivity contribution in [2.75, 3.05) is 17.9 Å². The van der Waals surface area contributed by atoms with E-state index in [9.17, 15) is 31.5 Å². The van der Waals surface area contributed by atoms with Crippen LogP contribution < -0.4 is 14.9 Å². The number of halogens is 3. The Morgan fingerprint density at radius 1 is 1.02 bits per heavy atom. The zero-order valence-electron chi connectivity index (χ0n) is 30.1. The zero-order valence-corrected chi connectivity index (χ0v) is 30.9. The first-order valence-electron chi connectivity index (χ1n) is 17.5. The standard InChI is InChI=1S/C39H49F3N4O4S/c1-7-27-23-46-24-38(4,5)51(49,50)45(6)34-21-29(20-31(27)36(34)46)37(48)44-33(18-26-12-9-8-10-13-26)35(47)22-43-32(17-16-25(2)3)28-14-11-15-30(19-28)39(40,41)42/h8-15,19-21,23,25,32-33,35,43,47H,7,16-18,22,24H2,1-6H3,(H,44,48)/t32-,33+,35-/m1/s1. The van der Waals surface area contributed by atoms with E-state index in [4.69, 9.17) is 0 Å². The van der Waals surface area contributed by atoms with Crippen molar-refractivity contribution in [3.05, 3.63) is 101 Å². The summed E-state index contributed by atoms with van der Waals surface area (Å²) in [5.41, 5.74) is 2.99. The maximum Gasteiger partial charge on any atom is 0.416 e. The molecule has 0 unspecified atom stereocenters. The molecule has 0 saturated heterocycles. The van der Waals surface area contributed by atoms with E-state index in [0.29, 0.717) is 30.0 Å². The lowest BCUT2D eigenvalue weighted by atomic mass is 9.95. The van der Waals surface area contributed by atoms with Gasteiger partial charge in [0.1, 0.15) is 4.75 Å². The number of nitrogens with one attached hydrogen (secondary N) is 2. The maximum atomic E-state index is 14.1. The van der Waals surface area contributed by atoms with Crippen molar-refractivity contribution in [2.45, 2.75) is 96.0 Å².